The number of nitrogens with zero attached hydrogens (tertiary/aromatic N) is 2. The van der Waals surface area contributed by atoms with Crippen LogP contribution in [0.3, 0.4) is 0 Å². The van der Waals surface area contributed by atoms with Crippen LogP contribution < -0.4 is 15.5 Å². The maximum atomic E-state index is 12.1. The standard InChI is InChI=1S/C16H22N4OS.2ClH/c1-11(10-17-2)15(21)18-12-5-6-13-14(9-12)22-16(19-13)20-7-3-4-8-20;;/h5-6,9,11,17H,3-4,7-8,10H2,1-2H3,(H,18,21);2*1H. The van der Waals surface area contributed by atoms with Crippen molar-refractivity contribution >= 4 is 63.1 Å². The fourth-order valence-corrected chi connectivity index (χ4v) is 3.75. The van der Waals surface area contributed by atoms with E-state index in [9.17, 15) is 4.79 Å². The SMILES string of the molecule is CNCC(C)C(=O)Nc1ccc2nc(N3CCCC3)sc2c1.Cl.Cl. The Morgan fingerprint density at radius 3 is 2.71 bits per heavy atom. The summed E-state index contributed by atoms with van der Waals surface area (Å²) in [5, 5.41) is 7.10. The molecule has 8 heteroatoms. The second-order valence-electron chi connectivity index (χ2n) is 5.82. The van der Waals surface area contributed by atoms with E-state index >= 15 is 0 Å². The molecule has 1 aromatic heterocycles. The highest BCUT2D eigenvalue weighted by Gasteiger charge is 2.17. The smallest absolute Gasteiger partial charge is 0.228 e. The molecule has 1 aliphatic heterocycles. The van der Waals surface area contributed by atoms with Crippen molar-refractivity contribution < 1.29 is 4.79 Å². The summed E-state index contributed by atoms with van der Waals surface area (Å²) in [7, 11) is 1.85. The number of carbonyl (C=O) groups is 1. The van der Waals surface area contributed by atoms with E-state index in [1.54, 1.807) is 11.3 Å². The molecule has 0 saturated carbocycles. The Morgan fingerprint density at radius 1 is 1.33 bits per heavy atom. The molecule has 0 aliphatic carbocycles. The van der Waals surface area contributed by atoms with E-state index in [2.05, 4.69) is 15.5 Å². The van der Waals surface area contributed by atoms with Gasteiger partial charge >= 0.3 is 0 Å². The molecule has 0 spiro atoms. The van der Waals surface area contributed by atoms with Crippen LogP contribution in [0.15, 0.2) is 18.2 Å². The summed E-state index contributed by atoms with van der Waals surface area (Å²) in [5.41, 5.74) is 1.85. The first kappa shape index (κ1) is 21.0. The molecule has 1 amide bonds. The number of amides is 1. The molecule has 1 unspecified atom stereocenters. The number of aromatic nitrogens is 1. The van der Waals surface area contributed by atoms with Crippen LogP contribution in [0.25, 0.3) is 10.2 Å². The zero-order valence-corrected chi connectivity index (χ0v) is 16.3. The number of thiazole rings is 1. The highest BCUT2D eigenvalue weighted by molar-refractivity contribution is 7.22. The number of rotatable bonds is 5. The highest BCUT2D eigenvalue weighted by atomic mass is 35.5. The first-order valence-electron chi connectivity index (χ1n) is 7.78. The zero-order chi connectivity index (χ0) is 15.5. The number of hydrogen-bond acceptors (Lipinski definition) is 5. The second kappa shape index (κ2) is 9.42. The molecule has 1 fully saturated rings. The molecule has 1 atom stereocenters. The second-order valence-corrected chi connectivity index (χ2v) is 6.83. The minimum absolute atomic E-state index is 0. The van der Waals surface area contributed by atoms with E-state index in [-0.39, 0.29) is 36.6 Å². The highest BCUT2D eigenvalue weighted by Crippen LogP contribution is 2.32. The van der Waals surface area contributed by atoms with Gasteiger partial charge in [0.25, 0.3) is 0 Å². The number of halogens is 2. The molecule has 5 nitrogen and oxygen atoms in total. The van der Waals surface area contributed by atoms with Crippen LogP contribution in [0, 0.1) is 5.92 Å². The third-order valence-electron chi connectivity index (χ3n) is 3.98. The lowest BCUT2D eigenvalue weighted by atomic mass is 10.1. The van der Waals surface area contributed by atoms with Gasteiger partial charge < -0.3 is 15.5 Å². The Morgan fingerprint density at radius 2 is 2.04 bits per heavy atom. The molecular formula is C16H24Cl2N4OS. The summed E-state index contributed by atoms with van der Waals surface area (Å²) in [6.45, 7) is 4.80. The van der Waals surface area contributed by atoms with Crippen molar-refractivity contribution in [1.82, 2.24) is 10.3 Å². The number of carbonyl (C=O) groups excluding carboxylic acids is 1. The molecule has 0 radical (unpaired) electrons. The van der Waals surface area contributed by atoms with Gasteiger partial charge in [0.15, 0.2) is 5.13 Å². The predicted octanol–water partition coefficient (Wildman–Crippen LogP) is 3.53. The lowest BCUT2D eigenvalue weighted by Crippen LogP contribution is -2.28. The number of nitrogens with one attached hydrogen (secondary N) is 2. The molecule has 0 bridgehead atoms. The topological polar surface area (TPSA) is 57.3 Å². The lowest BCUT2D eigenvalue weighted by Gasteiger charge is -2.11. The fraction of sp³-hybridized carbons (Fsp3) is 0.500. The van der Waals surface area contributed by atoms with Gasteiger partial charge in [0.1, 0.15) is 0 Å². The average Bonchev–Trinajstić information content (AvgIpc) is 3.15. The normalized spacial score (nSPS) is 14.8. The summed E-state index contributed by atoms with van der Waals surface area (Å²) >= 11 is 1.71. The number of benzene rings is 1. The van der Waals surface area contributed by atoms with Crippen LogP contribution in [-0.2, 0) is 4.79 Å². The van der Waals surface area contributed by atoms with Crippen molar-refractivity contribution in [2.24, 2.45) is 5.92 Å². The number of anilines is 2. The van der Waals surface area contributed by atoms with Crippen molar-refractivity contribution in [3.05, 3.63) is 18.2 Å². The van der Waals surface area contributed by atoms with Crippen LogP contribution in [-0.4, -0.2) is 37.6 Å². The Hall–Kier alpha value is -1.08. The monoisotopic (exact) mass is 390 g/mol. The molecule has 1 aromatic carbocycles. The third-order valence-corrected chi connectivity index (χ3v) is 5.06. The Labute approximate surface area is 159 Å². The van der Waals surface area contributed by atoms with Crippen molar-refractivity contribution in [2.75, 3.05) is 36.9 Å². The van der Waals surface area contributed by atoms with Crippen LogP contribution >= 0.6 is 36.2 Å². The average molecular weight is 391 g/mol. The largest absolute Gasteiger partial charge is 0.348 e. The first-order valence-corrected chi connectivity index (χ1v) is 8.60. The van der Waals surface area contributed by atoms with Gasteiger partial charge in [-0.3, -0.25) is 4.79 Å². The molecule has 2 heterocycles. The molecule has 1 saturated heterocycles. The number of hydrogen-bond donors (Lipinski definition) is 2. The van der Waals surface area contributed by atoms with Gasteiger partial charge in [0.2, 0.25) is 5.91 Å². The van der Waals surface area contributed by atoms with Crippen LogP contribution in [0.5, 0.6) is 0 Å². The van der Waals surface area contributed by atoms with Crippen LogP contribution in [0.4, 0.5) is 10.8 Å². The Balaban J connectivity index is 0.00000144. The zero-order valence-electron chi connectivity index (χ0n) is 13.9. The Bertz CT molecular complexity index is 673. The van der Waals surface area contributed by atoms with Crippen LogP contribution in [0.2, 0.25) is 0 Å². The predicted molar refractivity (Wildman–Crippen MR) is 107 cm³/mol. The van der Waals surface area contributed by atoms with E-state index in [1.807, 2.05) is 32.2 Å². The molecule has 2 N–H and O–H groups in total. The molecule has 24 heavy (non-hydrogen) atoms. The third kappa shape index (κ3) is 4.72. The summed E-state index contributed by atoms with van der Waals surface area (Å²) < 4.78 is 1.13. The van der Waals surface area contributed by atoms with E-state index in [1.165, 1.54) is 12.8 Å². The van der Waals surface area contributed by atoms with E-state index in [0.29, 0.717) is 6.54 Å². The maximum absolute atomic E-state index is 12.1. The van der Waals surface area contributed by atoms with Crippen molar-refractivity contribution in [2.45, 2.75) is 19.8 Å². The van der Waals surface area contributed by atoms with Crippen molar-refractivity contribution in [3.63, 3.8) is 0 Å². The maximum Gasteiger partial charge on any atom is 0.228 e. The minimum atomic E-state index is -0.0534. The van der Waals surface area contributed by atoms with Crippen LogP contribution in [0.1, 0.15) is 19.8 Å². The Kier molecular flexibility index (Phi) is 8.22. The quantitative estimate of drug-likeness (QED) is 0.819. The molecular weight excluding hydrogens is 367 g/mol. The van der Waals surface area contributed by atoms with Gasteiger partial charge in [-0.2, -0.15) is 0 Å². The molecule has 3 rings (SSSR count). The van der Waals surface area contributed by atoms with Gasteiger partial charge in [0, 0.05) is 31.2 Å². The van der Waals surface area contributed by atoms with Gasteiger partial charge in [-0.15, -0.1) is 24.8 Å². The molecule has 1 aliphatic rings. The molecule has 2 aromatic rings. The van der Waals surface area contributed by atoms with Gasteiger partial charge in [-0.1, -0.05) is 18.3 Å². The van der Waals surface area contributed by atoms with Gasteiger partial charge in [0.05, 0.1) is 10.2 Å². The summed E-state index contributed by atoms with van der Waals surface area (Å²) in [6, 6.07) is 5.94. The molecule has 134 valence electrons. The summed E-state index contributed by atoms with van der Waals surface area (Å²) in [4.78, 5) is 19.1. The lowest BCUT2D eigenvalue weighted by molar-refractivity contribution is -0.119. The van der Waals surface area contributed by atoms with Crippen molar-refractivity contribution in [3.8, 4) is 0 Å². The summed E-state index contributed by atoms with van der Waals surface area (Å²) in [6.07, 6.45) is 2.50. The fourth-order valence-electron chi connectivity index (χ4n) is 2.70. The summed E-state index contributed by atoms with van der Waals surface area (Å²) in [5.74, 6) is -0.0136. The van der Waals surface area contributed by atoms with Gasteiger partial charge in [-0.25, -0.2) is 4.98 Å². The van der Waals surface area contributed by atoms with E-state index in [0.717, 1.165) is 34.1 Å². The number of fused-ring (bicyclic) bond motifs is 1. The first-order chi connectivity index (χ1) is 10.7. The van der Waals surface area contributed by atoms with Gasteiger partial charge in [-0.05, 0) is 38.1 Å². The van der Waals surface area contributed by atoms with E-state index < -0.39 is 0 Å². The minimum Gasteiger partial charge on any atom is -0.348 e. The van der Waals surface area contributed by atoms with Crippen molar-refractivity contribution in [1.29, 1.82) is 0 Å². The van der Waals surface area contributed by atoms with E-state index in [4.69, 9.17) is 4.98 Å².